The third-order valence-electron chi connectivity index (χ3n) is 6.13. The van der Waals surface area contributed by atoms with Gasteiger partial charge in [-0.3, -0.25) is 4.68 Å². The number of aryl methyl sites for hydroxylation is 2. The number of hydrogen-bond donors (Lipinski definition) is 1. The molecular weight excluding hydrogens is 494 g/mol. The van der Waals surface area contributed by atoms with E-state index < -0.39 is 17.7 Å². The van der Waals surface area contributed by atoms with Crippen LogP contribution in [0.5, 0.6) is 5.75 Å². The lowest BCUT2D eigenvalue weighted by molar-refractivity contribution is 0.0522. The first-order chi connectivity index (χ1) is 17.6. The Morgan fingerprint density at radius 2 is 1.84 bits per heavy atom. The molecule has 0 radical (unpaired) electrons. The molecule has 4 rings (SSSR count). The van der Waals surface area contributed by atoms with E-state index >= 15 is 0 Å². The highest BCUT2D eigenvalue weighted by molar-refractivity contribution is 6.33. The van der Waals surface area contributed by atoms with Crippen molar-refractivity contribution in [1.29, 1.82) is 0 Å². The number of carbonyl (C=O) groups excluding carboxylic acids is 2. The predicted molar refractivity (Wildman–Crippen MR) is 142 cm³/mol. The molecule has 1 aromatic heterocycles. The van der Waals surface area contributed by atoms with Gasteiger partial charge in [0, 0.05) is 40.4 Å². The molecule has 1 amide bonds. The fraction of sp³-hybridized carbons (Fsp3) is 0.393. The number of halogens is 1. The van der Waals surface area contributed by atoms with Crippen LogP contribution in [0.4, 0.5) is 4.79 Å². The fourth-order valence-corrected chi connectivity index (χ4v) is 4.78. The summed E-state index contributed by atoms with van der Waals surface area (Å²) in [4.78, 5) is 24.8. The molecule has 37 heavy (non-hydrogen) atoms. The van der Waals surface area contributed by atoms with Gasteiger partial charge < -0.3 is 19.5 Å². The second-order valence-electron chi connectivity index (χ2n) is 9.86. The van der Waals surface area contributed by atoms with E-state index in [0.717, 1.165) is 45.7 Å². The highest BCUT2D eigenvalue weighted by Crippen LogP contribution is 2.43. The van der Waals surface area contributed by atoms with Crippen molar-refractivity contribution in [3.8, 4) is 28.1 Å². The number of aromatic nitrogens is 2. The zero-order chi connectivity index (χ0) is 26.7. The van der Waals surface area contributed by atoms with Crippen LogP contribution in [-0.2, 0) is 28.9 Å². The molecule has 0 spiro atoms. The Hall–Kier alpha value is -3.52. The Labute approximate surface area is 221 Å². The maximum absolute atomic E-state index is 12.8. The minimum absolute atomic E-state index is 0.379. The summed E-state index contributed by atoms with van der Waals surface area (Å²) in [5.74, 6) is 0.299. The number of nitrogens with one attached hydrogen (secondary N) is 1. The van der Waals surface area contributed by atoms with Gasteiger partial charge in [0.25, 0.3) is 0 Å². The van der Waals surface area contributed by atoms with Gasteiger partial charge in [-0.15, -0.1) is 0 Å². The lowest BCUT2D eigenvalue weighted by Crippen LogP contribution is -2.33. The highest BCUT2D eigenvalue weighted by atomic mass is 35.5. The smallest absolute Gasteiger partial charge is 0.407 e. The third kappa shape index (κ3) is 5.74. The first-order valence-electron chi connectivity index (χ1n) is 12.2. The highest BCUT2D eigenvalue weighted by Gasteiger charge is 2.30. The molecule has 1 aliphatic rings. The quantitative estimate of drug-likeness (QED) is 0.315. The van der Waals surface area contributed by atoms with Crippen molar-refractivity contribution >= 4 is 23.7 Å². The zero-order valence-corrected chi connectivity index (χ0v) is 22.6. The molecule has 3 aromatic rings. The van der Waals surface area contributed by atoms with E-state index in [-0.39, 0.29) is 0 Å². The van der Waals surface area contributed by atoms with Crippen LogP contribution in [0.1, 0.15) is 48.8 Å². The van der Waals surface area contributed by atoms with Gasteiger partial charge in [-0.25, -0.2) is 9.59 Å². The maximum Gasteiger partial charge on any atom is 0.407 e. The summed E-state index contributed by atoms with van der Waals surface area (Å²) in [6, 6.07) is 11.7. The average Bonchev–Trinajstić information content (AvgIpc) is 3.23. The van der Waals surface area contributed by atoms with Gasteiger partial charge in [0.15, 0.2) is 0 Å². The van der Waals surface area contributed by atoms with Gasteiger partial charge in [-0.1, -0.05) is 29.8 Å². The number of fused-ring (bicyclic) bond motifs is 3. The first-order valence-corrected chi connectivity index (χ1v) is 12.6. The van der Waals surface area contributed by atoms with Crippen LogP contribution < -0.4 is 10.1 Å². The number of esters is 1. The van der Waals surface area contributed by atoms with Crippen molar-refractivity contribution in [3.63, 3.8) is 0 Å². The lowest BCUT2D eigenvalue weighted by Gasteiger charge is -2.20. The van der Waals surface area contributed by atoms with Crippen LogP contribution in [-0.4, -0.2) is 48.2 Å². The predicted octanol–water partition coefficient (Wildman–Crippen LogP) is 5.68. The van der Waals surface area contributed by atoms with E-state index in [1.165, 1.54) is 7.11 Å². The van der Waals surface area contributed by atoms with Crippen molar-refractivity contribution in [3.05, 3.63) is 58.2 Å². The van der Waals surface area contributed by atoms with Gasteiger partial charge in [-0.05, 0) is 63.8 Å². The molecule has 0 saturated heterocycles. The number of rotatable bonds is 7. The summed E-state index contributed by atoms with van der Waals surface area (Å²) >= 11 is 6.51. The van der Waals surface area contributed by atoms with Crippen LogP contribution in [0.25, 0.3) is 22.4 Å². The monoisotopic (exact) mass is 525 g/mol. The third-order valence-corrected chi connectivity index (χ3v) is 6.46. The van der Waals surface area contributed by atoms with Crippen molar-refractivity contribution in [2.45, 2.75) is 52.2 Å². The van der Waals surface area contributed by atoms with E-state index in [1.54, 1.807) is 11.8 Å². The van der Waals surface area contributed by atoms with Crippen LogP contribution >= 0.6 is 11.6 Å². The number of hydrogen-bond acceptors (Lipinski definition) is 6. The van der Waals surface area contributed by atoms with Crippen LogP contribution in [0.3, 0.4) is 0 Å². The molecule has 0 fully saturated rings. The topological polar surface area (TPSA) is 91.7 Å². The summed E-state index contributed by atoms with van der Waals surface area (Å²) in [6.07, 6.45) is 1.47. The van der Waals surface area contributed by atoms with Gasteiger partial charge in [0.2, 0.25) is 0 Å². The van der Waals surface area contributed by atoms with E-state index in [9.17, 15) is 9.59 Å². The van der Waals surface area contributed by atoms with Gasteiger partial charge in [-0.2, -0.15) is 5.10 Å². The Kier molecular flexibility index (Phi) is 7.78. The molecule has 9 heteroatoms. The number of methoxy groups -OCH3 is 2. The summed E-state index contributed by atoms with van der Waals surface area (Å²) in [5.41, 5.74) is 5.22. The molecule has 1 heterocycles. The van der Waals surface area contributed by atoms with Crippen molar-refractivity contribution < 1.29 is 23.8 Å². The van der Waals surface area contributed by atoms with Crippen molar-refractivity contribution in [1.82, 2.24) is 15.1 Å². The summed E-state index contributed by atoms with van der Waals surface area (Å²) in [7, 11) is 3.01. The number of nitrogens with zero attached hydrogens (tertiary/aromatic N) is 2. The zero-order valence-electron chi connectivity index (χ0n) is 21.8. The molecule has 0 saturated carbocycles. The number of carbonyl (C=O) groups is 2. The largest absolute Gasteiger partial charge is 0.496 e. The average molecular weight is 526 g/mol. The first kappa shape index (κ1) is 26.5. The van der Waals surface area contributed by atoms with E-state index in [2.05, 4.69) is 5.32 Å². The van der Waals surface area contributed by atoms with Gasteiger partial charge in [0.05, 0.1) is 19.9 Å². The van der Waals surface area contributed by atoms with Crippen molar-refractivity contribution in [2.75, 3.05) is 20.8 Å². The van der Waals surface area contributed by atoms with Crippen LogP contribution in [0.15, 0.2) is 36.4 Å². The molecule has 0 atom stereocenters. The number of benzene rings is 2. The molecule has 0 aliphatic heterocycles. The Morgan fingerprint density at radius 3 is 2.51 bits per heavy atom. The van der Waals surface area contributed by atoms with E-state index in [1.807, 2.05) is 57.2 Å². The van der Waals surface area contributed by atoms with Gasteiger partial charge >= 0.3 is 12.1 Å². The molecule has 1 N–H and O–H groups in total. The maximum atomic E-state index is 12.8. The van der Waals surface area contributed by atoms with Crippen LogP contribution in [0, 0.1) is 0 Å². The molecule has 2 aromatic carbocycles. The fourth-order valence-electron chi connectivity index (χ4n) is 4.54. The van der Waals surface area contributed by atoms with E-state index in [4.69, 9.17) is 30.9 Å². The van der Waals surface area contributed by atoms with Gasteiger partial charge in [0.1, 0.15) is 17.0 Å². The minimum Gasteiger partial charge on any atom is -0.496 e. The molecule has 196 valence electrons. The Morgan fingerprint density at radius 1 is 1.08 bits per heavy atom. The number of alkyl carbamates (subject to hydrolysis) is 1. The summed E-state index contributed by atoms with van der Waals surface area (Å²) < 4.78 is 17.8. The summed E-state index contributed by atoms with van der Waals surface area (Å²) in [5, 5.41) is 8.22. The van der Waals surface area contributed by atoms with E-state index in [0.29, 0.717) is 36.6 Å². The Balaban J connectivity index is 1.67. The SMILES string of the molecule is COC(=O)c1c2c(nn1CCCNC(=O)OC(C)(C)C)-c1cc(-c3ccccc3Cl)c(OC)cc1CC2. The second-order valence-corrected chi connectivity index (χ2v) is 10.3. The second kappa shape index (κ2) is 10.8. The van der Waals surface area contributed by atoms with Crippen molar-refractivity contribution in [2.24, 2.45) is 0 Å². The molecule has 0 unspecified atom stereocenters. The standard InChI is InChI=1S/C28H32ClN3O5/c1-28(2,3)37-27(34)30-13-8-14-32-25(26(33)36-5)19-12-11-17-15-23(35-4)21(16-20(17)24(19)31-32)18-9-6-7-10-22(18)29/h6-7,9-10,15-16H,8,11-14H2,1-5H3,(H,30,34). The van der Waals surface area contributed by atoms with Crippen LogP contribution in [0.2, 0.25) is 5.02 Å². The molecule has 0 bridgehead atoms. The molecular formula is C28H32ClN3O5. The molecule has 1 aliphatic carbocycles. The normalized spacial score (nSPS) is 12.4. The number of amides is 1. The summed E-state index contributed by atoms with van der Waals surface area (Å²) in [6.45, 7) is 6.25. The lowest BCUT2D eigenvalue weighted by atomic mass is 9.86. The number of ether oxygens (including phenoxy) is 3. The molecule has 8 nitrogen and oxygen atoms in total. The minimum atomic E-state index is -0.567. The Bertz CT molecular complexity index is 1330.